The maximum Gasteiger partial charge on any atom is 0.0632 e. The van der Waals surface area contributed by atoms with E-state index in [2.05, 4.69) is 22.2 Å². The lowest BCUT2D eigenvalue weighted by Crippen LogP contribution is -2.12. The van der Waals surface area contributed by atoms with Crippen molar-refractivity contribution in [2.75, 3.05) is 6.61 Å². The first kappa shape index (κ1) is 9.86. The lowest BCUT2D eigenvalue weighted by molar-refractivity contribution is 0.269. The van der Waals surface area contributed by atoms with Gasteiger partial charge in [0.2, 0.25) is 0 Å². The molecule has 0 unspecified atom stereocenters. The SMILES string of the molecule is N[C@@H](CO)c1cc(-c2ccsc2)cs1. The van der Waals surface area contributed by atoms with Crippen molar-refractivity contribution < 1.29 is 5.11 Å². The van der Waals surface area contributed by atoms with Crippen LogP contribution >= 0.6 is 22.7 Å². The fraction of sp³-hybridized carbons (Fsp3) is 0.200. The molecule has 0 aliphatic carbocycles. The predicted molar refractivity (Wildman–Crippen MR) is 61.6 cm³/mol. The molecule has 0 saturated heterocycles. The van der Waals surface area contributed by atoms with Gasteiger partial charge in [0.05, 0.1) is 12.6 Å². The number of thiophene rings is 2. The van der Waals surface area contributed by atoms with E-state index in [4.69, 9.17) is 10.8 Å². The van der Waals surface area contributed by atoms with Gasteiger partial charge in [-0.15, -0.1) is 11.3 Å². The highest BCUT2D eigenvalue weighted by Gasteiger charge is 2.08. The van der Waals surface area contributed by atoms with Gasteiger partial charge in [0, 0.05) is 4.88 Å². The lowest BCUT2D eigenvalue weighted by Gasteiger charge is -2.02. The normalized spacial score (nSPS) is 13.0. The molecule has 0 amide bonds. The van der Waals surface area contributed by atoms with Crippen molar-refractivity contribution in [3.63, 3.8) is 0 Å². The van der Waals surface area contributed by atoms with Crippen LogP contribution in [0.3, 0.4) is 0 Å². The minimum atomic E-state index is -0.243. The van der Waals surface area contributed by atoms with Crippen LogP contribution in [0.4, 0.5) is 0 Å². The molecule has 1 atom stereocenters. The Bertz CT molecular complexity index is 394. The highest BCUT2D eigenvalue weighted by Crippen LogP contribution is 2.29. The van der Waals surface area contributed by atoms with Gasteiger partial charge in [-0.2, -0.15) is 11.3 Å². The van der Waals surface area contributed by atoms with E-state index >= 15 is 0 Å². The molecule has 0 spiro atoms. The molecule has 0 bridgehead atoms. The topological polar surface area (TPSA) is 46.2 Å². The average Bonchev–Trinajstić information content (AvgIpc) is 2.86. The summed E-state index contributed by atoms with van der Waals surface area (Å²) in [5.41, 5.74) is 8.14. The van der Waals surface area contributed by atoms with Crippen LogP contribution in [0.1, 0.15) is 10.9 Å². The second-order valence-corrected chi connectivity index (χ2v) is 4.76. The second-order valence-electron chi connectivity index (χ2n) is 3.04. The van der Waals surface area contributed by atoms with E-state index < -0.39 is 0 Å². The number of aliphatic hydroxyl groups is 1. The van der Waals surface area contributed by atoms with Gasteiger partial charge in [-0.05, 0) is 39.4 Å². The average molecular weight is 225 g/mol. The molecular weight excluding hydrogens is 214 g/mol. The summed E-state index contributed by atoms with van der Waals surface area (Å²) in [6.07, 6.45) is 0. The van der Waals surface area contributed by atoms with Crippen LogP contribution in [0.25, 0.3) is 11.1 Å². The Morgan fingerprint density at radius 1 is 1.36 bits per heavy atom. The molecule has 0 saturated carbocycles. The molecule has 74 valence electrons. The van der Waals surface area contributed by atoms with Crippen LogP contribution in [0, 0.1) is 0 Å². The van der Waals surface area contributed by atoms with E-state index in [-0.39, 0.29) is 12.6 Å². The first-order chi connectivity index (χ1) is 6.81. The van der Waals surface area contributed by atoms with Gasteiger partial charge in [-0.3, -0.25) is 0 Å². The summed E-state index contributed by atoms with van der Waals surface area (Å²) in [7, 11) is 0. The fourth-order valence-electron chi connectivity index (χ4n) is 1.22. The Labute approximate surface area is 90.6 Å². The number of hydrogen-bond donors (Lipinski definition) is 2. The minimum absolute atomic E-state index is 0.00356. The maximum atomic E-state index is 8.91. The third kappa shape index (κ3) is 1.88. The maximum absolute atomic E-state index is 8.91. The van der Waals surface area contributed by atoms with Crippen molar-refractivity contribution in [3.8, 4) is 11.1 Å². The quantitative estimate of drug-likeness (QED) is 0.843. The zero-order valence-electron chi connectivity index (χ0n) is 7.51. The van der Waals surface area contributed by atoms with Gasteiger partial charge in [-0.1, -0.05) is 0 Å². The summed E-state index contributed by atoms with van der Waals surface area (Å²) in [5.74, 6) is 0. The number of nitrogens with two attached hydrogens (primary N) is 1. The van der Waals surface area contributed by atoms with Crippen molar-refractivity contribution in [2.45, 2.75) is 6.04 Å². The van der Waals surface area contributed by atoms with Crippen molar-refractivity contribution in [1.82, 2.24) is 0 Å². The van der Waals surface area contributed by atoms with Crippen molar-refractivity contribution >= 4 is 22.7 Å². The molecular formula is C10H11NOS2. The molecule has 14 heavy (non-hydrogen) atoms. The van der Waals surface area contributed by atoms with E-state index in [1.54, 1.807) is 22.7 Å². The third-order valence-corrected chi connectivity index (χ3v) is 3.78. The first-order valence-corrected chi connectivity index (χ1v) is 6.11. The highest BCUT2D eigenvalue weighted by molar-refractivity contribution is 7.10. The van der Waals surface area contributed by atoms with E-state index in [1.807, 2.05) is 6.07 Å². The third-order valence-electron chi connectivity index (χ3n) is 2.04. The summed E-state index contributed by atoms with van der Waals surface area (Å²) in [6, 6.07) is 3.89. The molecule has 2 aromatic rings. The summed E-state index contributed by atoms with van der Waals surface area (Å²) in [6.45, 7) is 0.00356. The van der Waals surface area contributed by atoms with E-state index in [0.29, 0.717) is 0 Å². The standard InChI is InChI=1S/C10H11NOS2/c11-9(4-12)10-3-8(6-14-10)7-1-2-13-5-7/h1-3,5-6,9,12H,4,11H2/t9-/m0/s1. The molecule has 3 N–H and O–H groups in total. The molecule has 0 fully saturated rings. The van der Waals surface area contributed by atoms with Gasteiger partial charge in [0.15, 0.2) is 0 Å². The van der Waals surface area contributed by atoms with Crippen LogP contribution in [-0.4, -0.2) is 11.7 Å². The molecule has 0 aliphatic heterocycles. The van der Waals surface area contributed by atoms with Gasteiger partial charge < -0.3 is 10.8 Å². The lowest BCUT2D eigenvalue weighted by atomic mass is 10.1. The Kier molecular flexibility index (Phi) is 2.98. The molecule has 0 aromatic carbocycles. The molecule has 2 nitrogen and oxygen atoms in total. The molecule has 0 radical (unpaired) electrons. The van der Waals surface area contributed by atoms with E-state index in [0.717, 1.165) is 4.88 Å². The van der Waals surface area contributed by atoms with E-state index in [1.165, 1.54) is 11.1 Å². The highest BCUT2D eigenvalue weighted by atomic mass is 32.1. The second kappa shape index (κ2) is 4.23. The molecule has 0 aliphatic rings. The Morgan fingerprint density at radius 2 is 2.21 bits per heavy atom. The Morgan fingerprint density at radius 3 is 2.86 bits per heavy atom. The fourth-order valence-corrected chi connectivity index (χ4v) is 2.79. The Balaban J connectivity index is 2.26. The van der Waals surface area contributed by atoms with Crippen LogP contribution in [-0.2, 0) is 0 Å². The van der Waals surface area contributed by atoms with Crippen LogP contribution in [0.15, 0.2) is 28.3 Å². The Hall–Kier alpha value is -0.680. The van der Waals surface area contributed by atoms with Crippen molar-refractivity contribution in [3.05, 3.63) is 33.2 Å². The minimum Gasteiger partial charge on any atom is -0.394 e. The molecule has 2 rings (SSSR count). The van der Waals surface area contributed by atoms with Gasteiger partial charge in [-0.25, -0.2) is 0 Å². The summed E-state index contributed by atoms with van der Waals surface area (Å²) in [5, 5.41) is 15.1. The number of aliphatic hydroxyl groups excluding tert-OH is 1. The predicted octanol–water partition coefficient (Wildman–Crippen LogP) is 2.47. The molecule has 2 aromatic heterocycles. The first-order valence-electron chi connectivity index (χ1n) is 4.28. The largest absolute Gasteiger partial charge is 0.394 e. The van der Waals surface area contributed by atoms with Crippen molar-refractivity contribution in [2.24, 2.45) is 5.73 Å². The summed E-state index contributed by atoms with van der Waals surface area (Å²) >= 11 is 3.28. The van der Waals surface area contributed by atoms with E-state index in [9.17, 15) is 0 Å². The van der Waals surface area contributed by atoms with Crippen LogP contribution in [0.5, 0.6) is 0 Å². The number of rotatable bonds is 3. The van der Waals surface area contributed by atoms with Crippen LogP contribution < -0.4 is 5.73 Å². The zero-order valence-corrected chi connectivity index (χ0v) is 9.15. The van der Waals surface area contributed by atoms with Gasteiger partial charge in [0.25, 0.3) is 0 Å². The summed E-state index contributed by atoms with van der Waals surface area (Å²) in [4.78, 5) is 1.04. The van der Waals surface area contributed by atoms with Crippen molar-refractivity contribution in [1.29, 1.82) is 0 Å². The molecule has 2 heterocycles. The monoisotopic (exact) mass is 225 g/mol. The smallest absolute Gasteiger partial charge is 0.0632 e. The van der Waals surface area contributed by atoms with Crippen LogP contribution in [0.2, 0.25) is 0 Å². The molecule has 4 heteroatoms. The number of hydrogen-bond acceptors (Lipinski definition) is 4. The van der Waals surface area contributed by atoms with Gasteiger partial charge >= 0.3 is 0 Å². The summed E-state index contributed by atoms with van der Waals surface area (Å²) < 4.78 is 0. The zero-order chi connectivity index (χ0) is 9.97. The van der Waals surface area contributed by atoms with Gasteiger partial charge in [0.1, 0.15) is 0 Å².